The predicted octanol–water partition coefficient (Wildman–Crippen LogP) is 1.83. The summed E-state index contributed by atoms with van der Waals surface area (Å²) in [7, 11) is 1.68. The minimum Gasteiger partial charge on any atom is -0.493 e. The van der Waals surface area contributed by atoms with Gasteiger partial charge < -0.3 is 15.2 Å². The van der Waals surface area contributed by atoms with Crippen LogP contribution in [-0.4, -0.2) is 20.3 Å². The third-order valence-electron chi connectivity index (χ3n) is 3.28. The summed E-state index contributed by atoms with van der Waals surface area (Å²) >= 11 is 0. The number of benzene rings is 1. The molecule has 1 aromatic rings. The highest BCUT2D eigenvalue weighted by Gasteiger charge is 2.31. The molecule has 1 heterocycles. The van der Waals surface area contributed by atoms with Gasteiger partial charge in [0.2, 0.25) is 0 Å². The maximum absolute atomic E-state index is 6.40. The molecule has 1 aliphatic heterocycles. The molecule has 1 aromatic carbocycles. The van der Waals surface area contributed by atoms with Crippen LogP contribution in [0.5, 0.6) is 5.75 Å². The normalized spacial score (nSPS) is 17.7. The van der Waals surface area contributed by atoms with Crippen molar-refractivity contribution in [2.75, 3.05) is 20.3 Å². The zero-order valence-electron chi connectivity index (χ0n) is 9.95. The topological polar surface area (TPSA) is 44.5 Å². The van der Waals surface area contributed by atoms with Crippen LogP contribution < -0.4 is 10.5 Å². The smallest absolute Gasteiger partial charge is 0.127 e. The zero-order valence-corrected chi connectivity index (χ0v) is 9.95. The van der Waals surface area contributed by atoms with Crippen LogP contribution in [-0.2, 0) is 16.7 Å². The van der Waals surface area contributed by atoms with Crippen LogP contribution in [0, 0.1) is 0 Å². The average Bonchev–Trinajstić information content (AvgIpc) is 2.76. The van der Waals surface area contributed by atoms with E-state index in [0.29, 0.717) is 6.61 Å². The lowest BCUT2D eigenvalue weighted by molar-refractivity contribution is 0.127. The van der Waals surface area contributed by atoms with Crippen molar-refractivity contribution in [2.24, 2.45) is 5.73 Å². The van der Waals surface area contributed by atoms with Crippen LogP contribution in [0.4, 0.5) is 0 Å². The summed E-state index contributed by atoms with van der Waals surface area (Å²) in [5, 5.41) is 0. The van der Waals surface area contributed by atoms with E-state index in [1.807, 2.05) is 6.07 Å². The van der Waals surface area contributed by atoms with Crippen LogP contribution in [0.1, 0.15) is 24.5 Å². The van der Waals surface area contributed by atoms with Gasteiger partial charge in [0.15, 0.2) is 0 Å². The molecule has 2 rings (SSSR count). The van der Waals surface area contributed by atoms with E-state index in [1.165, 1.54) is 5.56 Å². The molecule has 16 heavy (non-hydrogen) atoms. The number of para-hydroxylation sites is 1. The van der Waals surface area contributed by atoms with Gasteiger partial charge in [-0.1, -0.05) is 25.1 Å². The molecule has 1 atom stereocenters. The lowest BCUT2D eigenvalue weighted by Gasteiger charge is -2.29. The van der Waals surface area contributed by atoms with E-state index in [1.54, 1.807) is 7.11 Å². The van der Waals surface area contributed by atoms with Crippen molar-refractivity contribution in [3.05, 3.63) is 29.3 Å². The summed E-state index contributed by atoms with van der Waals surface area (Å²) in [5.41, 5.74) is 8.29. The second kappa shape index (κ2) is 4.44. The summed E-state index contributed by atoms with van der Waals surface area (Å²) in [6.45, 7) is 3.36. The highest BCUT2D eigenvalue weighted by Crippen LogP contribution is 2.36. The quantitative estimate of drug-likeness (QED) is 0.843. The lowest BCUT2D eigenvalue weighted by Crippen LogP contribution is -2.40. The van der Waals surface area contributed by atoms with Crippen LogP contribution in [0.25, 0.3) is 0 Å². The fourth-order valence-corrected chi connectivity index (χ4v) is 2.24. The molecule has 1 unspecified atom stereocenters. The van der Waals surface area contributed by atoms with E-state index in [-0.39, 0.29) is 0 Å². The van der Waals surface area contributed by atoms with Crippen LogP contribution >= 0.6 is 0 Å². The number of hydrogen-bond acceptors (Lipinski definition) is 3. The van der Waals surface area contributed by atoms with E-state index in [4.69, 9.17) is 15.2 Å². The SMILES string of the molecule is CCC(N)(COC)c1cccc2c1OCC2. The molecule has 0 saturated carbocycles. The van der Waals surface area contributed by atoms with Crippen molar-refractivity contribution >= 4 is 0 Å². The predicted molar refractivity (Wildman–Crippen MR) is 63.7 cm³/mol. The third-order valence-corrected chi connectivity index (χ3v) is 3.28. The van der Waals surface area contributed by atoms with Crippen molar-refractivity contribution in [1.29, 1.82) is 0 Å². The largest absolute Gasteiger partial charge is 0.493 e. The average molecular weight is 221 g/mol. The molecule has 0 aromatic heterocycles. The molecule has 3 heteroatoms. The standard InChI is InChI=1S/C13H19NO2/c1-3-13(14,9-15-2)11-6-4-5-10-7-8-16-12(10)11/h4-6H,3,7-9,14H2,1-2H3. The number of rotatable bonds is 4. The van der Waals surface area contributed by atoms with Crippen molar-refractivity contribution in [1.82, 2.24) is 0 Å². The second-order valence-corrected chi connectivity index (χ2v) is 4.33. The van der Waals surface area contributed by atoms with Gasteiger partial charge in [-0.25, -0.2) is 0 Å². The Balaban J connectivity index is 2.42. The van der Waals surface area contributed by atoms with E-state index >= 15 is 0 Å². The number of fused-ring (bicyclic) bond motifs is 1. The molecule has 0 saturated heterocycles. The lowest BCUT2D eigenvalue weighted by atomic mass is 9.87. The molecular weight excluding hydrogens is 202 g/mol. The first-order chi connectivity index (χ1) is 7.71. The molecule has 0 fully saturated rings. The highest BCUT2D eigenvalue weighted by atomic mass is 16.5. The summed E-state index contributed by atoms with van der Waals surface area (Å²) in [6, 6.07) is 6.21. The molecule has 1 aliphatic rings. The van der Waals surface area contributed by atoms with E-state index in [9.17, 15) is 0 Å². The Morgan fingerprint density at radius 2 is 2.31 bits per heavy atom. The van der Waals surface area contributed by atoms with Gasteiger partial charge in [0.1, 0.15) is 5.75 Å². The summed E-state index contributed by atoms with van der Waals surface area (Å²) < 4.78 is 10.9. The van der Waals surface area contributed by atoms with Gasteiger partial charge in [0.25, 0.3) is 0 Å². The van der Waals surface area contributed by atoms with Gasteiger partial charge in [-0.2, -0.15) is 0 Å². The first-order valence-corrected chi connectivity index (χ1v) is 5.74. The first-order valence-electron chi connectivity index (χ1n) is 5.74. The van der Waals surface area contributed by atoms with Crippen LogP contribution in [0.15, 0.2) is 18.2 Å². The minimum atomic E-state index is -0.440. The maximum atomic E-state index is 6.40. The Hall–Kier alpha value is -1.06. The summed E-state index contributed by atoms with van der Waals surface area (Å²) in [6.07, 6.45) is 1.82. The van der Waals surface area contributed by atoms with Crippen LogP contribution in [0.2, 0.25) is 0 Å². The molecule has 0 bridgehead atoms. The summed E-state index contributed by atoms with van der Waals surface area (Å²) in [5.74, 6) is 0.976. The minimum absolute atomic E-state index is 0.440. The van der Waals surface area contributed by atoms with Crippen LogP contribution in [0.3, 0.4) is 0 Å². The van der Waals surface area contributed by atoms with E-state index < -0.39 is 5.54 Å². The van der Waals surface area contributed by atoms with Gasteiger partial charge in [-0.05, 0) is 12.0 Å². The Morgan fingerprint density at radius 1 is 1.50 bits per heavy atom. The van der Waals surface area contributed by atoms with Gasteiger partial charge >= 0.3 is 0 Å². The fraction of sp³-hybridized carbons (Fsp3) is 0.538. The molecule has 0 spiro atoms. The molecule has 3 nitrogen and oxygen atoms in total. The third kappa shape index (κ3) is 1.81. The van der Waals surface area contributed by atoms with Gasteiger partial charge in [-0.3, -0.25) is 0 Å². The second-order valence-electron chi connectivity index (χ2n) is 4.33. The maximum Gasteiger partial charge on any atom is 0.127 e. The van der Waals surface area contributed by atoms with Gasteiger partial charge in [0, 0.05) is 19.1 Å². The first kappa shape index (κ1) is 11.4. The molecule has 2 N–H and O–H groups in total. The van der Waals surface area contributed by atoms with Gasteiger partial charge in [0.05, 0.1) is 18.8 Å². The molecule has 0 amide bonds. The number of nitrogens with two attached hydrogens (primary N) is 1. The highest BCUT2D eigenvalue weighted by molar-refractivity contribution is 5.47. The molecule has 0 aliphatic carbocycles. The monoisotopic (exact) mass is 221 g/mol. The van der Waals surface area contributed by atoms with E-state index in [2.05, 4.69) is 19.1 Å². The van der Waals surface area contributed by atoms with Crippen molar-refractivity contribution in [3.8, 4) is 5.75 Å². The summed E-state index contributed by atoms with van der Waals surface area (Å²) in [4.78, 5) is 0. The van der Waals surface area contributed by atoms with Crippen molar-refractivity contribution in [2.45, 2.75) is 25.3 Å². The van der Waals surface area contributed by atoms with E-state index in [0.717, 1.165) is 30.8 Å². The van der Waals surface area contributed by atoms with Gasteiger partial charge in [-0.15, -0.1) is 0 Å². The molecule has 88 valence electrons. The molecule has 0 radical (unpaired) electrons. The fourth-order valence-electron chi connectivity index (χ4n) is 2.24. The Morgan fingerprint density at radius 3 is 3.00 bits per heavy atom. The number of methoxy groups -OCH3 is 1. The van der Waals surface area contributed by atoms with Crippen molar-refractivity contribution < 1.29 is 9.47 Å². The number of ether oxygens (including phenoxy) is 2. The Labute approximate surface area is 96.5 Å². The number of hydrogen-bond donors (Lipinski definition) is 1. The van der Waals surface area contributed by atoms with Crippen molar-refractivity contribution in [3.63, 3.8) is 0 Å². The Bertz CT molecular complexity index is 378. The zero-order chi connectivity index (χ0) is 11.6. The Kier molecular flexibility index (Phi) is 3.17. The molecular formula is C13H19NO2.